The van der Waals surface area contributed by atoms with Crippen molar-refractivity contribution in [2.24, 2.45) is 0 Å². The van der Waals surface area contributed by atoms with Gasteiger partial charge in [0.15, 0.2) is 11.5 Å². The molecular weight excluding hydrogens is 326 g/mol. The molecule has 0 saturated heterocycles. The highest BCUT2D eigenvalue weighted by atomic mass is 32.2. The van der Waals surface area contributed by atoms with Crippen LogP contribution >= 0.6 is 11.8 Å². The lowest BCUT2D eigenvalue weighted by Crippen LogP contribution is -2.35. The molecule has 0 saturated carbocycles. The highest BCUT2D eigenvalue weighted by Crippen LogP contribution is 2.40. The molecule has 0 atom stereocenters. The predicted octanol–water partition coefficient (Wildman–Crippen LogP) is 3.46. The highest BCUT2D eigenvalue weighted by Gasteiger charge is 2.26. The number of carbonyl (C=O) groups is 1. The molecule has 0 spiro atoms. The van der Waals surface area contributed by atoms with Crippen LogP contribution in [0.25, 0.3) is 0 Å². The van der Waals surface area contributed by atoms with Crippen molar-refractivity contribution in [3.63, 3.8) is 0 Å². The zero-order valence-electron chi connectivity index (χ0n) is 13.9. The Morgan fingerprint density at radius 3 is 2.33 bits per heavy atom. The molecule has 0 N–H and O–H groups in total. The number of anilines is 1. The number of para-hydroxylation sites is 1. The molecule has 24 heavy (non-hydrogen) atoms. The monoisotopic (exact) mass is 345 g/mol. The number of carbonyl (C=O) groups excluding carboxylic acids is 1. The first-order chi connectivity index (χ1) is 11.7. The van der Waals surface area contributed by atoms with Crippen molar-refractivity contribution in [3.8, 4) is 17.2 Å². The van der Waals surface area contributed by atoms with Gasteiger partial charge in [-0.05, 0) is 24.3 Å². The number of nitrogens with zero attached hydrogens (tertiary/aromatic N) is 1. The van der Waals surface area contributed by atoms with Gasteiger partial charge in [-0.3, -0.25) is 4.79 Å². The lowest BCUT2D eigenvalue weighted by molar-refractivity contribution is 0.0987. The van der Waals surface area contributed by atoms with E-state index in [9.17, 15) is 4.79 Å². The van der Waals surface area contributed by atoms with Crippen molar-refractivity contribution < 1.29 is 19.0 Å². The van der Waals surface area contributed by atoms with Gasteiger partial charge in [-0.15, -0.1) is 11.8 Å². The fourth-order valence-corrected chi connectivity index (χ4v) is 3.74. The van der Waals surface area contributed by atoms with Crippen LogP contribution in [0.2, 0.25) is 0 Å². The Morgan fingerprint density at radius 2 is 1.71 bits per heavy atom. The van der Waals surface area contributed by atoms with E-state index < -0.39 is 0 Å². The molecule has 2 aromatic rings. The number of ether oxygens (including phenoxy) is 3. The van der Waals surface area contributed by atoms with Crippen LogP contribution < -0.4 is 19.1 Å². The minimum atomic E-state index is -0.0815. The third-order valence-electron chi connectivity index (χ3n) is 3.89. The van der Waals surface area contributed by atoms with Gasteiger partial charge in [0.25, 0.3) is 5.91 Å². The Kier molecular flexibility index (Phi) is 4.85. The zero-order valence-corrected chi connectivity index (χ0v) is 14.7. The van der Waals surface area contributed by atoms with E-state index in [2.05, 4.69) is 0 Å². The summed E-state index contributed by atoms with van der Waals surface area (Å²) in [5.74, 6) is 2.21. The molecule has 1 aliphatic rings. The molecule has 5 nitrogen and oxygen atoms in total. The third kappa shape index (κ3) is 2.89. The van der Waals surface area contributed by atoms with Gasteiger partial charge in [-0.2, -0.15) is 0 Å². The van der Waals surface area contributed by atoms with Crippen molar-refractivity contribution in [1.82, 2.24) is 0 Å². The summed E-state index contributed by atoms with van der Waals surface area (Å²) in [6, 6.07) is 11.3. The maximum atomic E-state index is 13.1. The maximum Gasteiger partial charge on any atom is 0.258 e. The van der Waals surface area contributed by atoms with Crippen LogP contribution in [0.5, 0.6) is 17.2 Å². The maximum absolute atomic E-state index is 13.1. The molecule has 0 bridgehead atoms. The predicted molar refractivity (Wildman–Crippen MR) is 94.9 cm³/mol. The summed E-state index contributed by atoms with van der Waals surface area (Å²) >= 11 is 1.76. The van der Waals surface area contributed by atoms with Crippen LogP contribution in [0.15, 0.2) is 41.3 Å². The summed E-state index contributed by atoms with van der Waals surface area (Å²) < 4.78 is 16.0. The largest absolute Gasteiger partial charge is 0.493 e. The van der Waals surface area contributed by atoms with Gasteiger partial charge in [-0.25, -0.2) is 0 Å². The van der Waals surface area contributed by atoms with Crippen LogP contribution in [0.4, 0.5) is 5.69 Å². The zero-order chi connectivity index (χ0) is 17.1. The summed E-state index contributed by atoms with van der Waals surface area (Å²) in [4.78, 5) is 16.0. The molecule has 1 amide bonds. The second-order valence-corrected chi connectivity index (χ2v) is 6.32. The lowest BCUT2D eigenvalue weighted by atomic mass is 10.1. The molecule has 1 heterocycles. The van der Waals surface area contributed by atoms with Crippen molar-refractivity contribution in [3.05, 3.63) is 42.0 Å². The average molecular weight is 345 g/mol. The Hall–Kier alpha value is -2.34. The first-order valence-corrected chi connectivity index (χ1v) is 8.52. The van der Waals surface area contributed by atoms with Crippen LogP contribution in [-0.2, 0) is 0 Å². The van der Waals surface area contributed by atoms with E-state index in [4.69, 9.17) is 14.2 Å². The minimum Gasteiger partial charge on any atom is -0.493 e. The summed E-state index contributed by atoms with van der Waals surface area (Å²) in [5, 5.41) is 0. The summed E-state index contributed by atoms with van der Waals surface area (Å²) in [7, 11) is 4.62. The van der Waals surface area contributed by atoms with E-state index >= 15 is 0 Å². The van der Waals surface area contributed by atoms with Gasteiger partial charge in [-0.1, -0.05) is 12.1 Å². The van der Waals surface area contributed by atoms with E-state index in [1.54, 1.807) is 50.1 Å². The van der Waals surface area contributed by atoms with Crippen molar-refractivity contribution in [2.75, 3.05) is 38.5 Å². The smallest absolute Gasteiger partial charge is 0.258 e. The Balaban J connectivity index is 2.02. The second kappa shape index (κ2) is 7.05. The molecule has 1 aliphatic heterocycles. The molecule has 2 aromatic carbocycles. The Morgan fingerprint density at radius 1 is 1.04 bits per heavy atom. The van der Waals surface area contributed by atoms with E-state index in [-0.39, 0.29) is 5.91 Å². The number of thioether (sulfide) groups is 1. The lowest BCUT2D eigenvalue weighted by Gasteiger charge is -2.29. The van der Waals surface area contributed by atoms with Gasteiger partial charge in [0.1, 0.15) is 0 Å². The van der Waals surface area contributed by atoms with Gasteiger partial charge in [0, 0.05) is 22.8 Å². The van der Waals surface area contributed by atoms with Gasteiger partial charge >= 0.3 is 0 Å². The van der Waals surface area contributed by atoms with Crippen LogP contribution in [0.3, 0.4) is 0 Å². The Labute approximate surface area is 145 Å². The molecule has 126 valence electrons. The van der Waals surface area contributed by atoms with Crippen LogP contribution in [-0.4, -0.2) is 39.5 Å². The molecule has 0 fully saturated rings. The fraction of sp³-hybridized carbons (Fsp3) is 0.278. The SMILES string of the molecule is COc1cc(C(=O)N2CCSc3ccccc32)cc(OC)c1OC. The second-order valence-electron chi connectivity index (χ2n) is 5.19. The summed E-state index contributed by atoms with van der Waals surface area (Å²) in [6.07, 6.45) is 0. The van der Waals surface area contributed by atoms with Gasteiger partial charge in [0.2, 0.25) is 5.75 Å². The molecule has 0 aromatic heterocycles. The van der Waals surface area contributed by atoms with E-state index in [0.29, 0.717) is 29.4 Å². The number of benzene rings is 2. The van der Waals surface area contributed by atoms with Crippen molar-refractivity contribution in [2.45, 2.75) is 4.90 Å². The molecule has 0 aliphatic carbocycles. The fourth-order valence-electron chi connectivity index (χ4n) is 2.74. The number of amides is 1. The highest BCUT2D eigenvalue weighted by molar-refractivity contribution is 7.99. The molecule has 0 unspecified atom stereocenters. The van der Waals surface area contributed by atoms with Crippen LogP contribution in [0, 0.1) is 0 Å². The van der Waals surface area contributed by atoms with E-state index in [0.717, 1.165) is 16.3 Å². The number of methoxy groups -OCH3 is 3. The quantitative estimate of drug-likeness (QED) is 0.849. The van der Waals surface area contributed by atoms with Gasteiger partial charge < -0.3 is 19.1 Å². The molecule has 6 heteroatoms. The standard InChI is InChI=1S/C18H19NO4S/c1-21-14-10-12(11-15(22-2)17(14)23-3)18(20)19-8-9-24-16-7-5-4-6-13(16)19/h4-7,10-11H,8-9H2,1-3H3. The van der Waals surface area contributed by atoms with Crippen LogP contribution in [0.1, 0.15) is 10.4 Å². The summed E-state index contributed by atoms with van der Waals surface area (Å²) in [5.41, 5.74) is 1.44. The van der Waals surface area contributed by atoms with Gasteiger partial charge in [0.05, 0.1) is 27.0 Å². The first-order valence-electron chi connectivity index (χ1n) is 7.53. The number of fused-ring (bicyclic) bond motifs is 1. The van der Waals surface area contributed by atoms with E-state index in [1.165, 1.54) is 0 Å². The van der Waals surface area contributed by atoms with Crippen molar-refractivity contribution >= 4 is 23.4 Å². The number of hydrogen-bond donors (Lipinski definition) is 0. The molecular formula is C18H19NO4S. The number of rotatable bonds is 4. The topological polar surface area (TPSA) is 48.0 Å². The third-order valence-corrected chi connectivity index (χ3v) is 4.93. The summed E-state index contributed by atoms with van der Waals surface area (Å²) in [6.45, 7) is 0.664. The van der Waals surface area contributed by atoms with Crippen molar-refractivity contribution in [1.29, 1.82) is 0 Å². The minimum absolute atomic E-state index is 0.0815. The molecule has 3 rings (SSSR count). The molecule has 0 radical (unpaired) electrons. The average Bonchev–Trinajstić information content (AvgIpc) is 2.65. The first kappa shape index (κ1) is 16.5. The number of hydrogen-bond acceptors (Lipinski definition) is 5. The Bertz CT molecular complexity index is 737. The normalized spacial score (nSPS) is 13.2. The van der Waals surface area contributed by atoms with E-state index in [1.807, 2.05) is 24.3 Å².